The molecule has 4 rings (SSSR count). The second kappa shape index (κ2) is 6.27. The van der Waals surface area contributed by atoms with Gasteiger partial charge in [-0.15, -0.1) is 0 Å². The second-order valence-corrected chi connectivity index (χ2v) is 7.60. The Kier molecular flexibility index (Phi) is 4.14. The van der Waals surface area contributed by atoms with Crippen LogP contribution in [0.4, 0.5) is 0 Å². The minimum absolute atomic E-state index is 0.0844. The third kappa shape index (κ3) is 2.80. The summed E-state index contributed by atoms with van der Waals surface area (Å²) in [5, 5.41) is 7.73. The summed E-state index contributed by atoms with van der Waals surface area (Å²) >= 11 is 0. The Morgan fingerprint density at radius 1 is 1.22 bits per heavy atom. The molecule has 5 heteroatoms. The van der Waals surface area contributed by atoms with Gasteiger partial charge < -0.3 is 10.2 Å². The molecule has 2 saturated heterocycles. The summed E-state index contributed by atoms with van der Waals surface area (Å²) in [5.41, 5.74) is 1.20. The summed E-state index contributed by atoms with van der Waals surface area (Å²) in [6.45, 7) is 2.67. The van der Waals surface area contributed by atoms with Gasteiger partial charge >= 0.3 is 0 Å². The zero-order valence-corrected chi connectivity index (χ0v) is 14.1. The van der Waals surface area contributed by atoms with E-state index in [2.05, 4.69) is 21.5 Å². The number of carbonyl (C=O) groups excluding carboxylic acids is 1. The SMILES string of the molecule is Cn1cc([C@H]2CNC[C@@H]2C(=O)N2CCCC2C2CCCC2)cn1. The Hall–Kier alpha value is -1.36. The van der Waals surface area contributed by atoms with Gasteiger partial charge in [-0.2, -0.15) is 5.10 Å². The predicted molar refractivity (Wildman–Crippen MR) is 89.0 cm³/mol. The van der Waals surface area contributed by atoms with Crippen molar-refractivity contribution in [1.29, 1.82) is 0 Å². The summed E-state index contributed by atoms with van der Waals surface area (Å²) in [6.07, 6.45) is 11.7. The molecule has 2 aliphatic heterocycles. The van der Waals surface area contributed by atoms with Crippen molar-refractivity contribution in [3.8, 4) is 0 Å². The van der Waals surface area contributed by atoms with Gasteiger partial charge in [0.25, 0.3) is 0 Å². The van der Waals surface area contributed by atoms with E-state index in [1.807, 2.05) is 17.9 Å². The molecule has 0 aromatic carbocycles. The molecule has 126 valence electrons. The van der Waals surface area contributed by atoms with Crippen LogP contribution in [0.25, 0.3) is 0 Å². The highest BCUT2D eigenvalue weighted by Crippen LogP contribution is 2.38. The number of aryl methyl sites for hydroxylation is 1. The van der Waals surface area contributed by atoms with Crippen molar-refractivity contribution in [2.24, 2.45) is 18.9 Å². The number of amides is 1. The maximum atomic E-state index is 13.3. The van der Waals surface area contributed by atoms with Crippen LogP contribution >= 0.6 is 0 Å². The zero-order valence-electron chi connectivity index (χ0n) is 14.1. The molecule has 1 unspecified atom stereocenters. The lowest BCUT2D eigenvalue weighted by atomic mass is 9.88. The van der Waals surface area contributed by atoms with Crippen LogP contribution in [0.15, 0.2) is 12.4 Å². The highest BCUT2D eigenvalue weighted by Gasteiger charge is 2.42. The molecule has 3 fully saturated rings. The van der Waals surface area contributed by atoms with Crippen LogP contribution in [0, 0.1) is 11.8 Å². The molecule has 1 N–H and O–H groups in total. The summed E-state index contributed by atoms with van der Waals surface area (Å²) in [5.74, 6) is 1.51. The summed E-state index contributed by atoms with van der Waals surface area (Å²) in [4.78, 5) is 15.5. The average molecular weight is 316 g/mol. The fourth-order valence-electron chi connectivity index (χ4n) is 5.03. The Morgan fingerprint density at radius 2 is 2.04 bits per heavy atom. The van der Waals surface area contributed by atoms with Crippen molar-refractivity contribution in [2.75, 3.05) is 19.6 Å². The van der Waals surface area contributed by atoms with Gasteiger partial charge in [-0.1, -0.05) is 12.8 Å². The molecule has 0 spiro atoms. The number of rotatable bonds is 3. The second-order valence-electron chi connectivity index (χ2n) is 7.60. The lowest BCUT2D eigenvalue weighted by molar-refractivity contribution is -0.137. The van der Waals surface area contributed by atoms with Crippen molar-refractivity contribution in [2.45, 2.75) is 50.5 Å². The number of carbonyl (C=O) groups is 1. The van der Waals surface area contributed by atoms with Gasteiger partial charge in [-0.05, 0) is 37.2 Å². The Labute approximate surface area is 138 Å². The molecule has 0 bridgehead atoms. The molecule has 1 saturated carbocycles. The van der Waals surface area contributed by atoms with Crippen LogP contribution in [-0.2, 0) is 11.8 Å². The van der Waals surface area contributed by atoms with Crippen molar-refractivity contribution >= 4 is 5.91 Å². The van der Waals surface area contributed by atoms with Crippen LogP contribution in [0.3, 0.4) is 0 Å². The quantitative estimate of drug-likeness (QED) is 0.927. The van der Waals surface area contributed by atoms with Crippen LogP contribution in [0.2, 0.25) is 0 Å². The Bertz CT molecular complexity index is 563. The molecule has 3 heterocycles. The monoisotopic (exact) mass is 316 g/mol. The van der Waals surface area contributed by atoms with Crippen molar-refractivity contribution < 1.29 is 4.79 Å². The van der Waals surface area contributed by atoms with Crippen LogP contribution in [-0.4, -0.2) is 46.3 Å². The van der Waals surface area contributed by atoms with E-state index in [1.54, 1.807) is 0 Å². The van der Waals surface area contributed by atoms with Crippen molar-refractivity contribution in [3.05, 3.63) is 18.0 Å². The van der Waals surface area contributed by atoms with E-state index in [4.69, 9.17) is 0 Å². The fourth-order valence-corrected chi connectivity index (χ4v) is 5.03. The van der Waals surface area contributed by atoms with Crippen LogP contribution in [0.5, 0.6) is 0 Å². The number of nitrogens with zero attached hydrogens (tertiary/aromatic N) is 3. The van der Waals surface area contributed by atoms with Gasteiger partial charge in [0.05, 0.1) is 12.1 Å². The first-order chi connectivity index (χ1) is 11.2. The Morgan fingerprint density at radius 3 is 2.78 bits per heavy atom. The summed E-state index contributed by atoms with van der Waals surface area (Å²) in [6, 6.07) is 0.514. The highest BCUT2D eigenvalue weighted by atomic mass is 16.2. The summed E-state index contributed by atoms with van der Waals surface area (Å²) < 4.78 is 1.84. The molecular weight excluding hydrogens is 288 g/mol. The van der Waals surface area contributed by atoms with Crippen LogP contribution in [0.1, 0.15) is 50.0 Å². The predicted octanol–water partition coefficient (Wildman–Crippen LogP) is 1.90. The first-order valence-corrected chi connectivity index (χ1v) is 9.24. The van der Waals surface area contributed by atoms with E-state index in [0.717, 1.165) is 25.6 Å². The molecule has 5 nitrogen and oxygen atoms in total. The first kappa shape index (κ1) is 15.2. The zero-order chi connectivity index (χ0) is 15.8. The van der Waals surface area contributed by atoms with Gasteiger partial charge in [0.1, 0.15) is 0 Å². The topological polar surface area (TPSA) is 50.2 Å². The van der Waals surface area contributed by atoms with Crippen molar-refractivity contribution in [3.63, 3.8) is 0 Å². The third-order valence-electron chi connectivity index (χ3n) is 6.21. The lowest BCUT2D eigenvalue weighted by Gasteiger charge is -2.32. The minimum Gasteiger partial charge on any atom is -0.339 e. The van der Waals surface area contributed by atoms with Crippen LogP contribution < -0.4 is 5.32 Å². The van der Waals surface area contributed by atoms with Gasteiger partial charge in [-0.25, -0.2) is 0 Å². The van der Waals surface area contributed by atoms with Gasteiger partial charge in [0.2, 0.25) is 5.91 Å². The lowest BCUT2D eigenvalue weighted by Crippen LogP contribution is -2.44. The van der Waals surface area contributed by atoms with E-state index in [0.29, 0.717) is 11.9 Å². The molecule has 1 aromatic rings. The van der Waals surface area contributed by atoms with E-state index in [1.165, 1.54) is 44.1 Å². The van der Waals surface area contributed by atoms with Crippen molar-refractivity contribution in [1.82, 2.24) is 20.0 Å². The number of nitrogens with one attached hydrogen (secondary N) is 1. The maximum Gasteiger partial charge on any atom is 0.227 e. The fraction of sp³-hybridized carbons (Fsp3) is 0.778. The number of hydrogen-bond acceptors (Lipinski definition) is 3. The third-order valence-corrected chi connectivity index (χ3v) is 6.21. The van der Waals surface area contributed by atoms with Gasteiger partial charge in [-0.3, -0.25) is 9.48 Å². The normalized spacial score (nSPS) is 32.0. The van der Waals surface area contributed by atoms with E-state index < -0.39 is 0 Å². The largest absolute Gasteiger partial charge is 0.339 e. The molecule has 3 atom stereocenters. The molecule has 1 aromatic heterocycles. The highest BCUT2D eigenvalue weighted by molar-refractivity contribution is 5.81. The summed E-state index contributed by atoms with van der Waals surface area (Å²) in [7, 11) is 1.94. The standard InChI is InChI=1S/C18H28N4O/c1-21-12-14(9-20-21)15-10-19-11-16(15)18(23)22-8-4-7-17(22)13-5-2-3-6-13/h9,12-13,15-17,19H,2-8,10-11H2,1H3/t15-,16+,17?/m1/s1. The maximum absolute atomic E-state index is 13.3. The number of likely N-dealkylation sites (tertiary alicyclic amines) is 1. The van der Waals surface area contributed by atoms with Gasteiger partial charge in [0.15, 0.2) is 0 Å². The van der Waals surface area contributed by atoms with Gasteiger partial charge in [0, 0.05) is 44.8 Å². The minimum atomic E-state index is 0.0844. The molecule has 1 aliphatic carbocycles. The van der Waals surface area contributed by atoms with E-state index in [9.17, 15) is 4.79 Å². The molecular formula is C18H28N4O. The number of aromatic nitrogens is 2. The van der Waals surface area contributed by atoms with E-state index in [-0.39, 0.29) is 11.8 Å². The smallest absolute Gasteiger partial charge is 0.227 e. The molecule has 0 radical (unpaired) electrons. The van der Waals surface area contributed by atoms with E-state index >= 15 is 0 Å². The number of hydrogen-bond donors (Lipinski definition) is 1. The average Bonchev–Trinajstić information content (AvgIpc) is 3.31. The Balaban J connectivity index is 1.50. The molecule has 1 amide bonds. The molecule has 3 aliphatic rings. The first-order valence-electron chi connectivity index (χ1n) is 9.24. The molecule has 23 heavy (non-hydrogen) atoms.